The molecule has 0 amide bonds. The lowest BCUT2D eigenvalue weighted by Gasteiger charge is -2.06. The van der Waals surface area contributed by atoms with Crippen LogP contribution in [0.5, 0.6) is 0 Å². The molecule has 2 N–H and O–H groups in total. The van der Waals surface area contributed by atoms with Crippen LogP contribution in [0.2, 0.25) is 0 Å². The summed E-state index contributed by atoms with van der Waals surface area (Å²) in [5, 5.41) is 0. The topological polar surface area (TPSA) is 64.9 Å². The van der Waals surface area contributed by atoms with Crippen molar-refractivity contribution in [2.24, 2.45) is 0 Å². The Bertz CT molecular complexity index is 580. The average Bonchev–Trinajstić information content (AvgIpc) is 3.05. The molecule has 0 unspecified atom stereocenters. The van der Waals surface area contributed by atoms with Crippen molar-refractivity contribution in [1.82, 2.24) is 9.97 Å². The second kappa shape index (κ2) is 4.24. The van der Waals surface area contributed by atoms with Crippen molar-refractivity contribution in [3.05, 3.63) is 26.1 Å². The van der Waals surface area contributed by atoms with Crippen LogP contribution in [0.25, 0.3) is 11.6 Å². The van der Waals surface area contributed by atoms with E-state index in [-0.39, 0.29) is 0 Å². The van der Waals surface area contributed by atoms with Crippen molar-refractivity contribution >= 4 is 44.3 Å². The Kier molecular flexibility index (Phi) is 2.86. The van der Waals surface area contributed by atoms with Gasteiger partial charge in [-0.1, -0.05) is 0 Å². The fraction of sp³-hybridized carbons (Fsp3) is 0.273. The number of hydrogen-bond donors (Lipinski definition) is 1. The minimum absolute atomic E-state index is 0.532. The molecule has 1 fully saturated rings. The summed E-state index contributed by atoms with van der Waals surface area (Å²) in [6, 6.07) is 3.66. The van der Waals surface area contributed by atoms with E-state index >= 15 is 0 Å². The first-order valence-electron chi connectivity index (χ1n) is 5.24. The maximum absolute atomic E-state index is 5.92. The molecule has 2 aromatic rings. The molecule has 1 aliphatic carbocycles. The molecule has 1 aliphatic rings. The van der Waals surface area contributed by atoms with E-state index in [1.807, 2.05) is 12.1 Å². The first kappa shape index (κ1) is 11.5. The number of nitrogen functional groups attached to an aromatic ring is 1. The zero-order chi connectivity index (χ0) is 12.0. The van der Waals surface area contributed by atoms with Gasteiger partial charge in [0.05, 0.1) is 9.26 Å². The molecule has 88 valence electrons. The molecule has 0 saturated heterocycles. The molecule has 1 saturated carbocycles. The highest BCUT2D eigenvalue weighted by atomic mass is 127. The second-order valence-corrected chi connectivity index (χ2v) is 5.87. The third-order valence-electron chi connectivity index (χ3n) is 2.66. The standard InChI is InChI=1S/C11H9BrIN3O/c12-7-4-3-6(17-7)11-15-9(5-1-2-5)8(13)10(14)16-11/h3-5H,1-2H2,(H2,14,15,16). The molecule has 2 heterocycles. The van der Waals surface area contributed by atoms with Gasteiger partial charge in [-0.05, 0) is 63.5 Å². The Morgan fingerprint density at radius 2 is 2.12 bits per heavy atom. The average molecular weight is 406 g/mol. The molecule has 6 heteroatoms. The Hall–Kier alpha value is -0.630. The summed E-state index contributed by atoms with van der Waals surface area (Å²) in [6.07, 6.45) is 2.38. The highest BCUT2D eigenvalue weighted by Crippen LogP contribution is 2.42. The Balaban J connectivity index is 2.11. The molecular weight excluding hydrogens is 397 g/mol. The van der Waals surface area contributed by atoms with E-state index in [1.54, 1.807) is 0 Å². The quantitative estimate of drug-likeness (QED) is 0.775. The molecule has 0 atom stereocenters. The first-order chi connectivity index (χ1) is 8.15. The third-order valence-corrected chi connectivity index (χ3v) is 4.19. The van der Waals surface area contributed by atoms with E-state index in [0.717, 1.165) is 9.26 Å². The lowest BCUT2D eigenvalue weighted by atomic mass is 10.2. The lowest BCUT2D eigenvalue weighted by Crippen LogP contribution is -2.03. The molecule has 0 bridgehead atoms. The van der Waals surface area contributed by atoms with E-state index < -0.39 is 0 Å². The van der Waals surface area contributed by atoms with Crippen molar-refractivity contribution < 1.29 is 4.42 Å². The van der Waals surface area contributed by atoms with Crippen molar-refractivity contribution in [2.45, 2.75) is 18.8 Å². The van der Waals surface area contributed by atoms with Gasteiger partial charge in [0.15, 0.2) is 16.3 Å². The third kappa shape index (κ3) is 2.20. The van der Waals surface area contributed by atoms with Crippen LogP contribution >= 0.6 is 38.5 Å². The second-order valence-electron chi connectivity index (χ2n) is 4.01. The van der Waals surface area contributed by atoms with Gasteiger partial charge in [-0.25, -0.2) is 9.97 Å². The SMILES string of the molecule is Nc1nc(-c2ccc(Br)o2)nc(C2CC2)c1I. The van der Waals surface area contributed by atoms with Crippen molar-refractivity contribution in [1.29, 1.82) is 0 Å². The number of hydrogen-bond acceptors (Lipinski definition) is 4. The number of furan rings is 1. The summed E-state index contributed by atoms with van der Waals surface area (Å²) in [6.45, 7) is 0. The van der Waals surface area contributed by atoms with Crippen LogP contribution in [-0.2, 0) is 0 Å². The molecule has 4 nitrogen and oxygen atoms in total. The zero-order valence-corrected chi connectivity index (χ0v) is 12.5. The fourth-order valence-corrected chi connectivity index (χ4v) is 2.64. The van der Waals surface area contributed by atoms with Crippen LogP contribution in [0.4, 0.5) is 5.82 Å². The van der Waals surface area contributed by atoms with E-state index in [4.69, 9.17) is 10.2 Å². The van der Waals surface area contributed by atoms with Gasteiger partial charge in [-0.2, -0.15) is 0 Å². The highest BCUT2D eigenvalue weighted by Gasteiger charge is 2.29. The zero-order valence-electron chi connectivity index (χ0n) is 8.78. The van der Waals surface area contributed by atoms with Crippen LogP contribution in [0, 0.1) is 3.57 Å². The summed E-state index contributed by atoms with van der Waals surface area (Å²) in [7, 11) is 0. The lowest BCUT2D eigenvalue weighted by molar-refractivity contribution is 0.551. The van der Waals surface area contributed by atoms with Gasteiger partial charge in [0, 0.05) is 5.92 Å². The number of nitrogens with zero attached hydrogens (tertiary/aromatic N) is 2. The minimum atomic E-state index is 0.532. The van der Waals surface area contributed by atoms with E-state index in [9.17, 15) is 0 Å². The number of anilines is 1. The maximum atomic E-state index is 5.92. The number of aromatic nitrogens is 2. The number of rotatable bonds is 2. The van der Waals surface area contributed by atoms with Crippen LogP contribution in [0.15, 0.2) is 21.2 Å². The largest absolute Gasteiger partial charge is 0.446 e. The first-order valence-corrected chi connectivity index (χ1v) is 7.11. The number of halogens is 2. The fourth-order valence-electron chi connectivity index (χ4n) is 1.65. The van der Waals surface area contributed by atoms with E-state index in [2.05, 4.69) is 48.5 Å². The van der Waals surface area contributed by atoms with Crippen LogP contribution < -0.4 is 5.73 Å². The smallest absolute Gasteiger partial charge is 0.197 e. The van der Waals surface area contributed by atoms with Gasteiger partial charge < -0.3 is 10.2 Å². The molecule has 2 aromatic heterocycles. The summed E-state index contributed by atoms with van der Waals surface area (Å²) in [5.41, 5.74) is 6.98. The molecule has 0 aromatic carbocycles. The predicted octanol–water partition coefficient (Wildman–Crippen LogP) is 3.56. The van der Waals surface area contributed by atoms with Gasteiger partial charge in [-0.15, -0.1) is 0 Å². The molecule has 0 spiro atoms. The summed E-state index contributed by atoms with van der Waals surface area (Å²) in [4.78, 5) is 8.84. The van der Waals surface area contributed by atoms with Gasteiger partial charge >= 0.3 is 0 Å². The van der Waals surface area contributed by atoms with Crippen LogP contribution in [0.1, 0.15) is 24.5 Å². The van der Waals surface area contributed by atoms with Crippen molar-refractivity contribution in [3.8, 4) is 11.6 Å². The molecule has 3 rings (SSSR count). The Morgan fingerprint density at radius 1 is 1.35 bits per heavy atom. The predicted molar refractivity (Wildman–Crippen MR) is 76.5 cm³/mol. The van der Waals surface area contributed by atoms with Crippen molar-refractivity contribution in [3.63, 3.8) is 0 Å². The summed E-state index contributed by atoms with van der Waals surface area (Å²) in [5.74, 6) is 2.28. The normalized spacial score (nSPS) is 15.2. The molecule has 17 heavy (non-hydrogen) atoms. The minimum Gasteiger partial charge on any atom is -0.446 e. The van der Waals surface area contributed by atoms with Crippen LogP contribution in [-0.4, -0.2) is 9.97 Å². The highest BCUT2D eigenvalue weighted by molar-refractivity contribution is 14.1. The Morgan fingerprint density at radius 3 is 2.71 bits per heavy atom. The molecule has 0 aliphatic heterocycles. The van der Waals surface area contributed by atoms with Gasteiger partial charge in [-0.3, -0.25) is 0 Å². The van der Waals surface area contributed by atoms with Gasteiger partial charge in [0.25, 0.3) is 0 Å². The van der Waals surface area contributed by atoms with E-state index in [1.165, 1.54) is 12.8 Å². The maximum Gasteiger partial charge on any atom is 0.197 e. The summed E-state index contributed by atoms with van der Waals surface area (Å²) >= 11 is 5.48. The molecule has 0 radical (unpaired) electrons. The summed E-state index contributed by atoms with van der Waals surface area (Å²) < 4.78 is 7.09. The van der Waals surface area contributed by atoms with Gasteiger partial charge in [0.2, 0.25) is 0 Å². The van der Waals surface area contributed by atoms with Crippen LogP contribution in [0.3, 0.4) is 0 Å². The Labute approximate surface area is 120 Å². The van der Waals surface area contributed by atoms with Gasteiger partial charge in [0.1, 0.15) is 5.82 Å². The van der Waals surface area contributed by atoms with Crippen molar-refractivity contribution in [2.75, 3.05) is 5.73 Å². The molecular formula is C11H9BrIN3O. The van der Waals surface area contributed by atoms with E-state index in [0.29, 0.717) is 28.0 Å². The monoisotopic (exact) mass is 405 g/mol. The number of nitrogens with two attached hydrogens (primary N) is 1.